The van der Waals surface area contributed by atoms with Gasteiger partial charge in [0, 0.05) is 41.1 Å². The lowest BCUT2D eigenvalue weighted by molar-refractivity contribution is -0.119. The number of carbonyl (C=O) groups excluding carboxylic acids is 2. The predicted molar refractivity (Wildman–Crippen MR) is 107 cm³/mol. The molecule has 4 rings (SSSR count). The zero-order chi connectivity index (χ0) is 19.0. The first-order valence-electron chi connectivity index (χ1n) is 8.76. The van der Waals surface area contributed by atoms with Crippen LogP contribution in [0.25, 0.3) is 10.8 Å². The summed E-state index contributed by atoms with van der Waals surface area (Å²) in [5.74, 6) is -0.552. The molecule has 27 heavy (non-hydrogen) atoms. The third-order valence-corrected chi connectivity index (χ3v) is 5.15. The van der Waals surface area contributed by atoms with Crippen molar-refractivity contribution in [2.45, 2.75) is 19.3 Å². The second-order valence-corrected chi connectivity index (χ2v) is 7.05. The number of pyridine rings is 1. The van der Waals surface area contributed by atoms with Gasteiger partial charge in [-0.2, -0.15) is 0 Å². The van der Waals surface area contributed by atoms with Gasteiger partial charge >= 0.3 is 0 Å². The van der Waals surface area contributed by atoms with Crippen LogP contribution in [0.15, 0.2) is 54.9 Å². The molecule has 0 radical (unpaired) electrons. The van der Waals surface area contributed by atoms with Crippen molar-refractivity contribution in [3.8, 4) is 0 Å². The normalized spacial score (nSPS) is 16.1. The van der Waals surface area contributed by atoms with E-state index in [9.17, 15) is 9.59 Å². The Kier molecular flexibility index (Phi) is 4.54. The molecule has 0 fully saturated rings. The molecule has 1 atom stereocenters. The third kappa shape index (κ3) is 3.26. The number of hydrogen-bond donors (Lipinski definition) is 1. The summed E-state index contributed by atoms with van der Waals surface area (Å²) in [6.07, 6.45) is 3.96. The van der Waals surface area contributed by atoms with Crippen molar-refractivity contribution in [3.05, 3.63) is 65.4 Å². The van der Waals surface area contributed by atoms with Gasteiger partial charge in [-0.25, -0.2) is 0 Å². The van der Waals surface area contributed by atoms with E-state index in [4.69, 9.17) is 11.6 Å². The molecule has 1 N–H and O–H groups in total. The number of carbonyl (C=O) groups is 2. The van der Waals surface area contributed by atoms with Gasteiger partial charge in [0.1, 0.15) is 0 Å². The van der Waals surface area contributed by atoms with Crippen LogP contribution in [0.2, 0.25) is 5.02 Å². The van der Waals surface area contributed by atoms with E-state index in [1.54, 1.807) is 35.5 Å². The minimum atomic E-state index is -0.381. The Hall–Kier alpha value is -2.92. The van der Waals surface area contributed by atoms with Crippen LogP contribution in [0.5, 0.6) is 0 Å². The van der Waals surface area contributed by atoms with E-state index < -0.39 is 0 Å². The number of halogens is 1. The van der Waals surface area contributed by atoms with Crippen LogP contribution in [0.1, 0.15) is 24.8 Å². The maximum atomic E-state index is 13.1. The molecule has 0 saturated heterocycles. The fourth-order valence-electron chi connectivity index (χ4n) is 3.62. The number of anilines is 2. The summed E-state index contributed by atoms with van der Waals surface area (Å²) >= 11 is 6.17. The van der Waals surface area contributed by atoms with Gasteiger partial charge in [-0.3, -0.25) is 14.6 Å². The molecule has 0 bridgehead atoms. The van der Waals surface area contributed by atoms with E-state index in [0.717, 1.165) is 22.0 Å². The second kappa shape index (κ2) is 7.00. The molecule has 2 heterocycles. The minimum Gasteiger partial charge on any atom is -0.324 e. The SMILES string of the molecule is CC(=O)N1CC[C@@H](C(=O)Nc2cncc3ccccc23)c2cc(Cl)ccc21. The van der Waals surface area contributed by atoms with Gasteiger partial charge in [0.05, 0.1) is 17.8 Å². The molecule has 6 heteroatoms. The number of amides is 2. The Labute approximate surface area is 162 Å². The molecule has 0 spiro atoms. The van der Waals surface area contributed by atoms with Crippen LogP contribution in [-0.2, 0) is 9.59 Å². The van der Waals surface area contributed by atoms with Crippen molar-refractivity contribution < 1.29 is 9.59 Å². The van der Waals surface area contributed by atoms with Gasteiger partial charge in [0.15, 0.2) is 0 Å². The summed E-state index contributed by atoms with van der Waals surface area (Å²) in [4.78, 5) is 30.9. The Balaban J connectivity index is 1.69. The molecule has 1 aliphatic rings. The van der Waals surface area contributed by atoms with Gasteiger partial charge < -0.3 is 10.2 Å². The second-order valence-electron chi connectivity index (χ2n) is 6.61. The summed E-state index contributed by atoms with van der Waals surface area (Å²) < 4.78 is 0. The maximum absolute atomic E-state index is 13.1. The molecule has 2 amide bonds. The van der Waals surface area contributed by atoms with Crippen molar-refractivity contribution in [1.82, 2.24) is 4.98 Å². The number of aromatic nitrogens is 1. The monoisotopic (exact) mass is 379 g/mol. The predicted octanol–water partition coefficient (Wildman–Crippen LogP) is 4.37. The first-order valence-corrected chi connectivity index (χ1v) is 9.13. The van der Waals surface area contributed by atoms with Gasteiger partial charge in [-0.05, 0) is 30.2 Å². The highest BCUT2D eigenvalue weighted by molar-refractivity contribution is 6.30. The molecule has 136 valence electrons. The number of nitrogens with zero attached hydrogens (tertiary/aromatic N) is 2. The number of hydrogen-bond acceptors (Lipinski definition) is 3. The van der Waals surface area contributed by atoms with Crippen LogP contribution in [0.3, 0.4) is 0 Å². The van der Waals surface area contributed by atoms with E-state index in [-0.39, 0.29) is 17.7 Å². The summed E-state index contributed by atoms with van der Waals surface area (Å²) in [6, 6.07) is 13.1. The fraction of sp³-hybridized carbons (Fsp3) is 0.190. The molecular formula is C21H18ClN3O2. The Bertz CT molecular complexity index is 1050. The molecule has 0 saturated carbocycles. The van der Waals surface area contributed by atoms with Crippen molar-refractivity contribution >= 4 is 45.6 Å². The molecule has 0 unspecified atom stereocenters. The molecule has 1 aliphatic heterocycles. The molecule has 5 nitrogen and oxygen atoms in total. The first-order chi connectivity index (χ1) is 13.0. The zero-order valence-electron chi connectivity index (χ0n) is 14.8. The number of rotatable bonds is 2. The molecule has 0 aliphatic carbocycles. The van der Waals surface area contributed by atoms with Crippen LogP contribution in [0.4, 0.5) is 11.4 Å². The highest BCUT2D eigenvalue weighted by Gasteiger charge is 2.32. The van der Waals surface area contributed by atoms with Crippen LogP contribution < -0.4 is 10.2 Å². The van der Waals surface area contributed by atoms with Crippen LogP contribution in [0, 0.1) is 0 Å². The lowest BCUT2D eigenvalue weighted by atomic mass is 9.89. The summed E-state index contributed by atoms with van der Waals surface area (Å²) in [7, 11) is 0. The smallest absolute Gasteiger partial charge is 0.232 e. The Morgan fingerprint density at radius 2 is 2.00 bits per heavy atom. The van der Waals surface area contributed by atoms with Gasteiger partial charge in [-0.15, -0.1) is 0 Å². The van der Waals surface area contributed by atoms with Crippen molar-refractivity contribution in [2.75, 3.05) is 16.8 Å². The van der Waals surface area contributed by atoms with E-state index in [2.05, 4.69) is 10.3 Å². The zero-order valence-corrected chi connectivity index (χ0v) is 15.5. The third-order valence-electron chi connectivity index (χ3n) is 4.92. The van der Waals surface area contributed by atoms with Gasteiger partial charge in [-0.1, -0.05) is 35.9 Å². The van der Waals surface area contributed by atoms with E-state index in [0.29, 0.717) is 23.7 Å². The largest absolute Gasteiger partial charge is 0.324 e. The fourth-order valence-corrected chi connectivity index (χ4v) is 3.80. The summed E-state index contributed by atoms with van der Waals surface area (Å²) in [5.41, 5.74) is 2.19. The van der Waals surface area contributed by atoms with Crippen molar-refractivity contribution in [2.24, 2.45) is 0 Å². The van der Waals surface area contributed by atoms with Crippen LogP contribution in [-0.4, -0.2) is 23.3 Å². The lowest BCUT2D eigenvalue weighted by Gasteiger charge is -2.33. The topological polar surface area (TPSA) is 62.3 Å². The highest BCUT2D eigenvalue weighted by Crippen LogP contribution is 2.38. The average molecular weight is 380 g/mol. The van der Waals surface area contributed by atoms with Gasteiger partial charge in [0.2, 0.25) is 11.8 Å². The van der Waals surface area contributed by atoms with Crippen molar-refractivity contribution in [1.29, 1.82) is 0 Å². The number of fused-ring (bicyclic) bond motifs is 2. The molecule has 2 aromatic carbocycles. The average Bonchev–Trinajstić information content (AvgIpc) is 2.67. The summed E-state index contributed by atoms with van der Waals surface area (Å²) in [6.45, 7) is 2.02. The maximum Gasteiger partial charge on any atom is 0.232 e. The number of benzene rings is 2. The highest BCUT2D eigenvalue weighted by atomic mass is 35.5. The van der Waals surface area contributed by atoms with E-state index in [1.807, 2.05) is 24.3 Å². The van der Waals surface area contributed by atoms with Crippen molar-refractivity contribution in [3.63, 3.8) is 0 Å². The Morgan fingerprint density at radius 1 is 1.19 bits per heavy atom. The molecular weight excluding hydrogens is 362 g/mol. The summed E-state index contributed by atoms with van der Waals surface area (Å²) in [5, 5.41) is 5.46. The molecule has 1 aromatic heterocycles. The standard InChI is InChI=1S/C21H18ClN3O2/c1-13(26)25-9-8-17(18-10-15(22)6-7-20(18)25)21(27)24-19-12-23-11-14-4-2-3-5-16(14)19/h2-7,10-12,17H,8-9H2,1H3,(H,24,27)/t17-/m1/s1. The van der Waals surface area contributed by atoms with E-state index >= 15 is 0 Å². The Morgan fingerprint density at radius 3 is 2.81 bits per heavy atom. The van der Waals surface area contributed by atoms with E-state index in [1.165, 1.54) is 6.92 Å². The lowest BCUT2D eigenvalue weighted by Crippen LogP contribution is -2.38. The van der Waals surface area contributed by atoms with Gasteiger partial charge in [0.25, 0.3) is 0 Å². The number of nitrogens with one attached hydrogen (secondary N) is 1. The first kappa shape index (κ1) is 17.5. The molecule has 3 aromatic rings. The minimum absolute atomic E-state index is 0.0457. The van der Waals surface area contributed by atoms with Crippen LogP contribution >= 0.6 is 11.6 Å². The quantitative estimate of drug-likeness (QED) is 0.719.